The van der Waals surface area contributed by atoms with E-state index in [0.717, 1.165) is 19.3 Å². The Balaban J connectivity index is 2.28. The minimum atomic E-state index is -3.57. The van der Waals surface area contributed by atoms with Crippen LogP contribution in [0.3, 0.4) is 0 Å². The van der Waals surface area contributed by atoms with Crippen molar-refractivity contribution >= 4 is 10.0 Å². The molecule has 6 nitrogen and oxygen atoms in total. The summed E-state index contributed by atoms with van der Waals surface area (Å²) in [7, 11) is -3.57. The lowest BCUT2D eigenvalue weighted by Crippen LogP contribution is -2.32. The first kappa shape index (κ1) is 14.5. The quantitative estimate of drug-likeness (QED) is 0.849. The zero-order valence-corrected chi connectivity index (χ0v) is 12.2. The van der Waals surface area contributed by atoms with Crippen molar-refractivity contribution in [1.82, 2.24) is 14.5 Å². The Morgan fingerprint density at radius 1 is 1.47 bits per heavy atom. The lowest BCUT2D eigenvalue weighted by atomic mass is 9.82. The molecule has 1 aromatic heterocycles. The van der Waals surface area contributed by atoms with Crippen molar-refractivity contribution in [2.24, 2.45) is 5.41 Å². The summed E-state index contributed by atoms with van der Waals surface area (Å²) in [4.78, 5) is 0. The minimum absolute atomic E-state index is 0.0259. The maximum Gasteiger partial charge on any atom is 0.260 e. The van der Waals surface area contributed by atoms with E-state index in [1.54, 1.807) is 0 Å². The van der Waals surface area contributed by atoms with Gasteiger partial charge in [0.2, 0.25) is 0 Å². The Morgan fingerprint density at radius 2 is 2.16 bits per heavy atom. The van der Waals surface area contributed by atoms with Gasteiger partial charge in [-0.2, -0.15) is 9.40 Å². The zero-order chi connectivity index (χ0) is 14.1. The Bertz CT molecular complexity index is 534. The van der Waals surface area contributed by atoms with E-state index >= 15 is 0 Å². The Labute approximate surface area is 113 Å². The van der Waals surface area contributed by atoms with E-state index in [2.05, 4.69) is 24.0 Å². The number of aromatic amines is 1. The molecule has 0 aliphatic carbocycles. The predicted molar refractivity (Wildman–Crippen MR) is 70.9 cm³/mol. The summed E-state index contributed by atoms with van der Waals surface area (Å²) >= 11 is 0. The standard InChI is InChI=1S/C12H21N3O3S/c1-3-12(4-2)5-6-15(9-12)19(17,18)11-10(8-16)7-13-14-11/h7,16H,3-6,8-9H2,1-2H3,(H,13,14). The highest BCUT2D eigenvalue weighted by molar-refractivity contribution is 7.89. The summed E-state index contributed by atoms with van der Waals surface area (Å²) in [5, 5.41) is 15.4. The molecule has 1 aliphatic rings. The number of aliphatic hydroxyl groups excluding tert-OH is 1. The maximum absolute atomic E-state index is 12.5. The van der Waals surface area contributed by atoms with Gasteiger partial charge in [0.15, 0.2) is 5.03 Å². The minimum Gasteiger partial charge on any atom is -0.392 e. The first-order valence-electron chi connectivity index (χ1n) is 6.62. The van der Waals surface area contributed by atoms with Crippen molar-refractivity contribution in [2.45, 2.75) is 44.7 Å². The fourth-order valence-electron chi connectivity index (χ4n) is 2.69. The SMILES string of the molecule is CCC1(CC)CCN(S(=O)(=O)c2[nH]ncc2CO)C1. The molecule has 1 aromatic rings. The van der Waals surface area contributed by atoms with Crippen molar-refractivity contribution in [3.05, 3.63) is 11.8 Å². The molecule has 1 fully saturated rings. The van der Waals surface area contributed by atoms with Crippen LogP contribution in [0, 0.1) is 5.41 Å². The number of hydrogen-bond acceptors (Lipinski definition) is 4. The van der Waals surface area contributed by atoms with Crippen LogP contribution in [0.15, 0.2) is 11.2 Å². The molecule has 0 aromatic carbocycles. The third-order valence-electron chi connectivity index (χ3n) is 4.35. The highest BCUT2D eigenvalue weighted by atomic mass is 32.2. The molecule has 0 amide bonds. The molecule has 1 aliphatic heterocycles. The number of nitrogens with zero attached hydrogens (tertiary/aromatic N) is 2. The fourth-order valence-corrected chi connectivity index (χ4v) is 4.34. The molecule has 0 unspecified atom stereocenters. The summed E-state index contributed by atoms with van der Waals surface area (Å²) in [6, 6.07) is 0. The monoisotopic (exact) mass is 287 g/mol. The molecule has 108 valence electrons. The summed E-state index contributed by atoms with van der Waals surface area (Å²) in [6.07, 6.45) is 4.20. The van der Waals surface area contributed by atoms with Crippen molar-refractivity contribution in [1.29, 1.82) is 0 Å². The third-order valence-corrected chi connectivity index (χ3v) is 6.21. The summed E-state index contributed by atoms with van der Waals surface area (Å²) in [5.41, 5.74) is 0.414. The van der Waals surface area contributed by atoms with Gasteiger partial charge in [-0.3, -0.25) is 5.10 Å². The van der Waals surface area contributed by atoms with Crippen molar-refractivity contribution in [3.8, 4) is 0 Å². The number of H-pyrrole nitrogens is 1. The van der Waals surface area contributed by atoms with Gasteiger partial charge in [0.1, 0.15) is 0 Å². The van der Waals surface area contributed by atoms with Gasteiger partial charge in [-0.25, -0.2) is 8.42 Å². The molecule has 2 rings (SSSR count). The van der Waals surface area contributed by atoms with E-state index in [0.29, 0.717) is 18.7 Å². The van der Waals surface area contributed by atoms with Crippen LogP contribution in [0.5, 0.6) is 0 Å². The zero-order valence-electron chi connectivity index (χ0n) is 11.4. The second-order valence-electron chi connectivity index (χ2n) is 5.18. The smallest absolute Gasteiger partial charge is 0.260 e. The molecule has 0 atom stereocenters. The van der Waals surface area contributed by atoms with Gasteiger partial charge in [-0.05, 0) is 24.7 Å². The first-order chi connectivity index (χ1) is 8.99. The third kappa shape index (κ3) is 2.42. The highest BCUT2D eigenvalue weighted by Gasteiger charge is 2.41. The molecule has 0 spiro atoms. The van der Waals surface area contributed by atoms with Crippen LogP contribution in [-0.2, 0) is 16.6 Å². The second-order valence-corrected chi connectivity index (χ2v) is 7.05. The van der Waals surface area contributed by atoms with E-state index < -0.39 is 10.0 Å². The van der Waals surface area contributed by atoms with E-state index in [9.17, 15) is 8.42 Å². The van der Waals surface area contributed by atoms with Crippen molar-refractivity contribution in [2.75, 3.05) is 13.1 Å². The number of sulfonamides is 1. The average Bonchev–Trinajstić information content (AvgIpc) is 3.06. The molecule has 2 N–H and O–H groups in total. The maximum atomic E-state index is 12.5. The number of rotatable bonds is 5. The van der Waals surface area contributed by atoms with E-state index in [-0.39, 0.29) is 17.0 Å². The molecular formula is C12H21N3O3S. The topological polar surface area (TPSA) is 86.3 Å². The van der Waals surface area contributed by atoms with Crippen LogP contribution in [0.4, 0.5) is 0 Å². The molecule has 2 heterocycles. The number of nitrogens with one attached hydrogen (secondary N) is 1. The van der Waals surface area contributed by atoms with Gasteiger partial charge in [0.25, 0.3) is 10.0 Å². The average molecular weight is 287 g/mol. The normalized spacial score (nSPS) is 19.9. The van der Waals surface area contributed by atoms with Gasteiger partial charge < -0.3 is 5.11 Å². The second kappa shape index (κ2) is 5.22. The van der Waals surface area contributed by atoms with Crippen molar-refractivity contribution in [3.63, 3.8) is 0 Å². The number of aromatic nitrogens is 2. The van der Waals surface area contributed by atoms with Crippen LogP contribution in [-0.4, -0.2) is 41.1 Å². The molecule has 0 saturated carbocycles. The Hall–Kier alpha value is -0.920. The van der Waals surface area contributed by atoms with Crippen LogP contribution < -0.4 is 0 Å². The van der Waals surface area contributed by atoms with E-state index in [4.69, 9.17) is 5.11 Å². The molecule has 1 saturated heterocycles. The molecule has 0 radical (unpaired) electrons. The van der Waals surface area contributed by atoms with Gasteiger partial charge in [-0.15, -0.1) is 0 Å². The lowest BCUT2D eigenvalue weighted by molar-refractivity contribution is 0.275. The van der Waals surface area contributed by atoms with E-state index in [1.807, 2.05) is 0 Å². The van der Waals surface area contributed by atoms with Crippen molar-refractivity contribution < 1.29 is 13.5 Å². The Morgan fingerprint density at radius 3 is 2.68 bits per heavy atom. The number of aliphatic hydroxyl groups is 1. The fraction of sp³-hybridized carbons (Fsp3) is 0.750. The van der Waals surface area contributed by atoms with Crippen LogP contribution in [0.25, 0.3) is 0 Å². The molecular weight excluding hydrogens is 266 g/mol. The summed E-state index contributed by atoms with van der Waals surface area (Å²) < 4.78 is 26.6. The van der Waals surface area contributed by atoms with Gasteiger partial charge in [0, 0.05) is 18.7 Å². The largest absolute Gasteiger partial charge is 0.392 e. The summed E-state index contributed by atoms with van der Waals surface area (Å²) in [5.74, 6) is 0. The Kier molecular flexibility index (Phi) is 3.98. The lowest BCUT2D eigenvalue weighted by Gasteiger charge is -2.26. The van der Waals surface area contributed by atoms with Gasteiger partial charge in [-0.1, -0.05) is 13.8 Å². The molecule has 19 heavy (non-hydrogen) atoms. The van der Waals surface area contributed by atoms with Crippen LogP contribution in [0.2, 0.25) is 0 Å². The molecule has 7 heteroatoms. The molecule has 0 bridgehead atoms. The van der Waals surface area contributed by atoms with Crippen LogP contribution in [0.1, 0.15) is 38.7 Å². The van der Waals surface area contributed by atoms with Crippen LogP contribution >= 0.6 is 0 Å². The number of hydrogen-bond donors (Lipinski definition) is 2. The summed E-state index contributed by atoms with van der Waals surface area (Å²) in [6.45, 7) is 4.97. The van der Waals surface area contributed by atoms with Gasteiger partial charge >= 0.3 is 0 Å². The predicted octanol–water partition coefficient (Wildman–Crippen LogP) is 1.10. The highest BCUT2D eigenvalue weighted by Crippen LogP contribution is 2.39. The first-order valence-corrected chi connectivity index (χ1v) is 8.06. The van der Waals surface area contributed by atoms with Gasteiger partial charge in [0.05, 0.1) is 12.8 Å². The van der Waals surface area contributed by atoms with E-state index in [1.165, 1.54) is 10.5 Å².